The first-order valence-electron chi connectivity index (χ1n) is 5.59. The Morgan fingerprint density at radius 1 is 1.11 bits per heavy atom. The van der Waals surface area contributed by atoms with Crippen molar-refractivity contribution in [1.29, 1.82) is 0 Å². The maximum absolute atomic E-state index is 12.1. The van der Waals surface area contributed by atoms with Crippen LogP contribution in [0.4, 0.5) is 0 Å². The van der Waals surface area contributed by atoms with Crippen molar-refractivity contribution in [3.8, 4) is 0 Å². The molecule has 0 fully saturated rings. The molecule has 0 saturated heterocycles. The molecule has 4 nitrogen and oxygen atoms in total. The molecular weight excluding hydrogens is 250 g/mol. The van der Waals surface area contributed by atoms with Gasteiger partial charge in [-0.15, -0.1) is 0 Å². The molecule has 0 aliphatic heterocycles. The molecule has 1 aromatic heterocycles. The molecule has 2 aromatic rings. The first kappa shape index (κ1) is 12.9. The molecule has 0 spiro atoms. The molecule has 0 aliphatic carbocycles. The van der Waals surface area contributed by atoms with E-state index in [1.807, 2.05) is 13.0 Å². The second kappa shape index (κ2) is 4.96. The van der Waals surface area contributed by atoms with Crippen molar-refractivity contribution in [3.63, 3.8) is 0 Å². The van der Waals surface area contributed by atoms with Crippen LogP contribution >= 0.6 is 0 Å². The molecular formula is C13H15NO3S. The van der Waals surface area contributed by atoms with E-state index in [1.54, 1.807) is 37.3 Å². The Kier molecular flexibility index (Phi) is 3.54. The minimum Gasteiger partial charge on any atom is -0.465 e. The van der Waals surface area contributed by atoms with E-state index in [4.69, 9.17) is 4.42 Å². The Morgan fingerprint density at radius 3 is 2.44 bits per heavy atom. The van der Waals surface area contributed by atoms with Gasteiger partial charge in [0.25, 0.3) is 0 Å². The third-order valence-electron chi connectivity index (χ3n) is 2.62. The van der Waals surface area contributed by atoms with Crippen molar-refractivity contribution in [2.45, 2.75) is 25.3 Å². The van der Waals surface area contributed by atoms with Crippen molar-refractivity contribution < 1.29 is 12.8 Å². The smallest absolute Gasteiger partial charge is 0.241 e. The van der Waals surface area contributed by atoms with E-state index in [1.165, 1.54) is 0 Å². The van der Waals surface area contributed by atoms with E-state index in [9.17, 15) is 8.42 Å². The zero-order chi connectivity index (χ0) is 13.2. The topological polar surface area (TPSA) is 59.3 Å². The average Bonchev–Trinajstić information content (AvgIpc) is 2.73. The molecule has 0 saturated carbocycles. The maximum atomic E-state index is 12.1. The van der Waals surface area contributed by atoms with Gasteiger partial charge in [0, 0.05) is 0 Å². The molecule has 0 bridgehead atoms. The van der Waals surface area contributed by atoms with Crippen LogP contribution in [-0.4, -0.2) is 8.42 Å². The lowest BCUT2D eigenvalue weighted by molar-refractivity contribution is 0.475. The van der Waals surface area contributed by atoms with E-state index in [0.717, 1.165) is 11.3 Å². The highest BCUT2D eigenvalue weighted by atomic mass is 32.2. The molecule has 0 atom stereocenters. The quantitative estimate of drug-likeness (QED) is 0.923. The Bertz CT molecular complexity index is 644. The number of benzene rings is 1. The molecule has 18 heavy (non-hydrogen) atoms. The van der Waals surface area contributed by atoms with E-state index in [-0.39, 0.29) is 6.54 Å². The molecule has 2 rings (SSSR count). The lowest BCUT2D eigenvalue weighted by Gasteiger charge is -2.07. The fourth-order valence-corrected chi connectivity index (χ4v) is 2.92. The number of sulfonamides is 1. The van der Waals surface area contributed by atoms with Crippen LogP contribution in [0.5, 0.6) is 0 Å². The third-order valence-corrected chi connectivity index (χ3v) is 4.18. The van der Waals surface area contributed by atoms with Gasteiger partial charge in [0.05, 0.1) is 11.4 Å². The number of nitrogens with one attached hydrogen (secondary N) is 1. The normalized spacial score (nSPS) is 11.7. The van der Waals surface area contributed by atoms with Gasteiger partial charge in [-0.2, -0.15) is 0 Å². The summed E-state index contributed by atoms with van der Waals surface area (Å²) >= 11 is 0. The lowest BCUT2D eigenvalue weighted by atomic mass is 10.2. The third kappa shape index (κ3) is 2.80. The molecule has 1 aromatic carbocycles. The summed E-state index contributed by atoms with van der Waals surface area (Å²) in [4.78, 5) is 0.299. The molecule has 96 valence electrons. The largest absolute Gasteiger partial charge is 0.465 e. The van der Waals surface area contributed by atoms with Crippen molar-refractivity contribution in [2.75, 3.05) is 0 Å². The highest BCUT2D eigenvalue weighted by Gasteiger charge is 2.16. The average molecular weight is 265 g/mol. The number of hydrogen-bond donors (Lipinski definition) is 1. The van der Waals surface area contributed by atoms with Crippen LogP contribution in [0.1, 0.15) is 17.1 Å². The Balaban J connectivity index is 2.16. The van der Waals surface area contributed by atoms with Crippen LogP contribution in [-0.2, 0) is 16.6 Å². The predicted molar refractivity (Wildman–Crippen MR) is 68.6 cm³/mol. The summed E-state index contributed by atoms with van der Waals surface area (Å²) in [6, 6.07) is 10.4. The maximum Gasteiger partial charge on any atom is 0.241 e. The number of furan rings is 1. The monoisotopic (exact) mass is 265 g/mol. The van der Waals surface area contributed by atoms with E-state index < -0.39 is 10.0 Å². The number of aryl methyl sites for hydroxylation is 2. The molecule has 5 heteroatoms. The first-order valence-corrected chi connectivity index (χ1v) is 7.08. The minimum atomic E-state index is -3.49. The fraction of sp³-hybridized carbons (Fsp3) is 0.231. The lowest BCUT2D eigenvalue weighted by Crippen LogP contribution is -2.23. The standard InChI is InChI=1S/C13H15NO3S/c1-10-5-3-4-6-13(10)18(15,16)14-9-12-8-7-11(2)17-12/h3-8,14H,9H2,1-2H3. The summed E-state index contributed by atoms with van der Waals surface area (Å²) in [5, 5.41) is 0. The van der Waals surface area contributed by atoms with Crippen LogP contribution in [0, 0.1) is 13.8 Å². The van der Waals surface area contributed by atoms with Crippen LogP contribution in [0.25, 0.3) is 0 Å². The molecule has 0 unspecified atom stereocenters. The van der Waals surface area contributed by atoms with Crippen LogP contribution in [0.15, 0.2) is 45.7 Å². The number of hydrogen-bond acceptors (Lipinski definition) is 3. The van der Waals surface area contributed by atoms with Gasteiger partial charge in [0.2, 0.25) is 10.0 Å². The Hall–Kier alpha value is -1.59. The van der Waals surface area contributed by atoms with Gasteiger partial charge in [0.1, 0.15) is 11.5 Å². The van der Waals surface area contributed by atoms with Gasteiger partial charge in [-0.25, -0.2) is 13.1 Å². The summed E-state index contributed by atoms with van der Waals surface area (Å²) in [6.45, 7) is 3.75. The van der Waals surface area contributed by atoms with Gasteiger partial charge in [-0.1, -0.05) is 18.2 Å². The number of rotatable bonds is 4. The predicted octanol–water partition coefficient (Wildman–Crippen LogP) is 2.37. The van der Waals surface area contributed by atoms with Crippen molar-refractivity contribution in [2.24, 2.45) is 0 Å². The summed E-state index contributed by atoms with van der Waals surface area (Å²) in [5.41, 5.74) is 0.723. The molecule has 1 N–H and O–H groups in total. The van der Waals surface area contributed by atoms with E-state index in [2.05, 4.69) is 4.72 Å². The van der Waals surface area contributed by atoms with Gasteiger partial charge >= 0.3 is 0 Å². The molecule has 1 heterocycles. The van der Waals surface area contributed by atoms with Crippen molar-refractivity contribution in [1.82, 2.24) is 4.72 Å². The highest BCUT2D eigenvalue weighted by Crippen LogP contribution is 2.14. The second-order valence-corrected chi connectivity index (χ2v) is 5.84. The van der Waals surface area contributed by atoms with Crippen LogP contribution < -0.4 is 4.72 Å². The summed E-state index contributed by atoms with van der Waals surface area (Å²) in [6.07, 6.45) is 0. The Labute approximate surface area is 107 Å². The highest BCUT2D eigenvalue weighted by molar-refractivity contribution is 7.89. The fourth-order valence-electron chi connectivity index (χ4n) is 1.68. The van der Waals surface area contributed by atoms with Gasteiger partial charge < -0.3 is 4.42 Å². The minimum absolute atomic E-state index is 0.157. The van der Waals surface area contributed by atoms with E-state index >= 15 is 0 Å². The van der Waals surface area contributed by atoms with Crippen molar-refractivity contribution >= 4 is 10.0 Å². The summed E-state index contributed by atoms with van der Waals surface area (Å²) in [5.74, 6) is 1.37. The molecule has 0 amide bonds. The molecule has 0 aliphatic rings. The van der Waals surface area contributed by atoms with Crippen molar-refractivity contribution in [3.05, 3.63) is 53.5 Å². The van der Waals surface area contributed by atoms with E-state index in [0.29, 0.717) is 10.7 Å². The Morgan fingerprint density at radius 2 is 1.83 bits per heavy atom. The van der Waals surface area contributed by atoms with Gasteiger partial charge in [-0.3, -0.25) is 0 Å². The van der Waals surface area contributed by atoms with Gasteiger partial charge in [-0.05, 0) is 37.6 Å². The zero-order valence-electron chi connectivity index (χ0n) is 10.3. The summed E-state index contributed by atoms with van der Waals surface area (Å²) < 4.78 is 32.0. The summed E-state index contributed by atoms with van der Waals surface area (Å²) in [7, 11) is -3.49. The van der Waals surface area contributed by atoms with Gasteiger partial charge in [0.15, 0.2) is 0 Å². The first-order chi connectivity index (χ1) is 8.49. The van der Waals surface area contributed by atoms with Crippen LogP contribution in [0.2, 0.25) is 0 Å². The second-order valence-electron chi connectivity index (χ2n) is 4.10. The molecule has 0 radical (unpaired) electrons. The zero-order valence-corrected chi connectivity index (χ0v) is 11.1. The van der Waals surface area contributed by atoms with Crippen LogP contribution in [0.3, 0.4) is 0 Å². The SMILES string of the molecule is Cc1ccc(CNS(=O)(=O)c2ccccc2C)o1.